The van der Waals surface area contributed by atoms with Gasteiger partial charge in [-0.15, -0.1) is 0 Å². The minimum atomic E-state index is -0.139. The highest BCUT2D eigenvalue weighted by Crippen LogP contribution is 2.25. The fourth-order valence-electron chi connectivity index (χ4n) is 3.46. The van der Waals surface area contributed by atoms with E-state index in [-0.39, 0.29) is 11.9 Å². The standard InChI is InChI=1S/C20H21N3O2/c1-12(15-8-7-14-5-3-4-6-16(14)9-15)22-19(24)17-10-18-13(2)23-25-20(18)21-11-17/h7-12H,3-6H2,1-2H3,(H,22,24)/t12-/m1/s1. The summed E-state index contributed by atoms with van der Waals surface area (Å²) in [4.78, 5) is 16.8. The predicted octanol–water partition coefficient (Wildman–Crippen LogP) is 3.90. The van der Waals surface area contributed by atoms with E-state index in [2.05, 4.69) is 33.7 Å². The number of carbonyl (C=O) groups is 1. The first-order valence-corrected chi connectivity index (χ1v) is 8.76. The fourth-order valence-corrected chi connectivity index (χ4v) is 3.46. The Hall–Kier alpha value is -2.69. The zero-order valence-corrected chi connectivity index (χ0v) is 14.5. The Kier molecular flexibility index (Phi) is 3.99. The maximum Gasteiger partial charge on any atom is 0.257 e. The molecule has 0 spiro atoms. The summed E-state index contributed by atoms with van der Waals surface area (Å²) in [6.07, 6.45) is 6.36. The zero-order chi connectivity index (χ0) is 17.4. The molecule has 1 atom stereocenters. The number of amides is 1. The minimum Gasteiger partial charge on any atom is -0.345 e. The van der Waals surface area contributed by atoms with E-state index >= 15 is 0 Å². The molecule has 0 fully saturated rings. The van der Waals surface area contributed by atoms with E-state index in [0.29, 0.717) is 11.3 Å². The number of pyridine rings is 1. The van der Waals surface area contributed by atoms with Crippen LogP contribution in [0.25, 0.3) is 11.1 Å². The lowest BCUT2D eigenvalue weighted by Crippen LogP contribution is -2.27. The van der Waals surface area contributed by atoms with Crippen molar-refractivity contribution >= 4 is 17.0 Å². The van der Waals surface area contributed by atoms with Crippen molar-refractivity contribution in [3.05, 3.63) is 58.4 Å². The topological polar surface area (TPSA) is 68.0 Å². The van der Waals surface area contributed by atoms with Crippen LogP contribution in [-0.4, -0.2) is 16.0 Å². The first-order chi connectivity index (χ1) is 12.1. The van der Waals surface area contributed by atoms with Gasteiger partial charge in [-0.2, -0.15) is 0 Å². The summed E-state index contributed by atoms with van der Waals surface area (Å²) in [5, 5.41) is 7.71. The monoisotopic (exact) mass is 335 g/mol. The van der Waals surface area contributed by atoms with Gasteiger partial charge in [-0.25, -0.2) is 4.98 Å². The van der Waals surface area contributed by atoms with Crippen LogP contribution in [0.2, 0.25) is 0 Å². The van der Waals surface area contributed by atoms with Crippen LogP contribution in [0.1, 0.15) is 58.5 Å². The Labute approximate surface area is 146 Å². The van der Waals surface area contributed by atoms with Crippen LogP contribution in [0.4, 0.5) is 0 Å². The smallest absolute Gasteiger partial charge is 0.257 e. The molecule has 0 unspecified atom stereocenters. The Morgan fingerprint density at radius 3 is 2.84 bits per heavy atom. The van der Waals surface area contributed by atoms with E-state index in [1.54, 1.807) is 6.07 Å². The van der Waals surface area contributed by atoms with E-state index < -0.39 is 0 Å². The largest absolute Gasteiger partial charge is 0.345 e. The van der Waals surface area contributed by atoms with Crippen molar-refractivity contribution in [3.63, 3.8) is 0 Å². The van der Waals surface area contributed by atoms with Gasteiger partial charge in [0.25, 0.3) is 11.6 Å². The third-order valence-corrected chi connectivity index (χ3v) is 4.99. The molecule has 2 heterocycles. The number of aryl methyl sites for hydroxylation is 3. The molecule has 128 valence electrons. The molecule has 0 radical (unpaired) electrons. The average molecular weight is 335 g/mol. The normalized spacial score (nSPS) is 15.0. The van der Waals surface area contributed by atoms with E-state index in [1.807, 2.05) is 13.8 Å². The van der Waals surface area contributed by atoms with Gasteiger partial charge in [0.15, 0.2) is 0 Å². The Bertz CT molecular complexity index is 945. The van der Waals surface area contributed by atoms with Crippen molar-refractivity contribution in [3.8, 4) is 0 Å². The third kappa shape index (κ3) is 3.02. The SMILES string of the molecule is Cc1noc2ncc(C(=O)N[C@H](C)c3ccc4c(c3)CCCC4)cc12. The van der Waals surface area contributed by atoms with Crippen molar-refractivity contribution in [2.45, 2.75) is 45.6 Å². The lowest BCUT2D eigenvalue weighted by atomic mass is 9.89. The molecule has 0 saturated carbocycles. The molecule has 5 nitrogen and oxygen atoms in total. The van der Waals surface area contributed by atoms with Crippen molar-refractivity contribution in [1.29, 1.82) is 0 Å². The lowest BCUT2D eigenvalue weighted by Gasteiger charge is -2.20. The number of nitrogens with one attached hydrogen (secondary N) is 1. The Morgan fingerprint density at radius 2 is 2.00 bits per heavy atom. The van der Waals surface area contributed by atoms with Gasteiger partial charge in [0.05, 0.1) is 22.7 Å². The van der Waals surface area contributed by atoms with Crippen LogP contribution in [0.3, 0.4) is 0 Å². The molecule has 1 aliphatic carbocycles. The van der Waals surface area contributed by atoms with E-state index in [0.717, 1.165) is 23.1 Å². The Balaban J connectivity index is 1.54. The van der Waals surface area contributed by atoms with Gasteiger partial charge in [0.2, 0.25) is 0 Å². The molecule has 25 heavy (non-hydrogen) atoms. The molecule has 0 aliphatic heterocycles. The van der Waals surface area contributed by atoms with Crippen LogP contribution in [0.15, 0.2) is 35.0 Å². The molecule has 2 aromatic heterocycles. The molecule has 0 saturated heterocycles. The van der Waals surface area contributed by atoms with Crippen LogP contribution >= 0.6 is 0 Å². The number of hydrogen-bond donors (Lipinski definition) is 1. The quantitative estimate of drug-likeness (QED) is 0.788. The number of benzene rings is 1. The molecule has 0 bridgehead atoms. The van der Waals surface area contributed by atoms with E-state index in [4.69, 9.17) is 4.52 Å². The second kappa shape index (κ2) is 6.31. The lowest BCUT2D eigenvalue weighted by molar-refractivity contribution is 0.0939. The van der Waals surface area contributed by atoms with E-state index in [1.165, 1.54) is 36.6 Å². The maximum absolute atomic E-state index is 12.6. The number of aromatic nitrogens is 2. The summed E-state index contributed by atoms with van der Waals surface area (Å²) in [6, 6.07) is 8.30. The maximum atomic E-state index is 12.6. The summed E-state index contributed by atoms with van der Waals surface area (Å²) in [7, 11) is 0. The van der Waals surface area contributed by atoms with Crippen LogP contribution in [0, 0.1) is 6.92 Å². The molecule has 1 aromatic carbocycles. The first-order valence-electron chi connectivity index (χ1n) is 8.76. The number of fused-ring (bicyclic) bond motifs is 2. The second-order valence-electron chi connectivity index (χ2n) is 6.78. The van der Waals surface area contributed by atoms with Crippen LogP contribution in [0.5, 0.6) is 0 Å². The molecular formula is C20H21N3O2. The first kappa shape index (κ1) is 15.8. The predicted molar refractivity (Wildman–Crippen MR) is 95.5 cm³/mol. The highest BCUT2D eigenvalue weighted by Gasteiger charge is 2.16. The van der Waals surface area contributed by atoms with Crippen molar-refractivity contribution in [2.24, 2.45) is 0 Å². The molecular weight excluding hydrogens is 314 g/mol. The molecule has 1 amide bonds. The van der Waals surface area contributed by atoms with Gasteiger partial charge < -0.3 is 9.84 Å². The Morgan fingerprint density at radius 1 is 1.20 bits per heavy atom. The van der Waals surface area contributed by atoms with Gasteiger partial charge in [-0.05, 0) is 62.3 Å². The van der Waals surface area contributed by atoms with Gasteiger partial charge in [0, 0.05) is 6.20 Å². The summed E-state index contributed by atoms with van der Waals surface area (Å²) in [6.45, 7) is 3.85. The highest BCUT2D eigenvalue weighted by atomic mass is 16.5. The number of nitrogens with zero attached hydrogens (tertiary/aromatic N) is 2. The third-order valence-electron chi connectivity index (χ3n) is 4.99. The summed E-state index contributed by atoms with van der Waals surface area (Å²) in [5.74, 6) is -0.139. The van der Waals surface area contributed by atoms with Crippen molar-refractivity contribution < 1.29 is 9.32 Å². The highest BCUT2D eigenvalue weighted by molar-refractivity contribution is 5.97. The summed E-state index contributed by atoms with van der Waals surface area (Å²) in [5.41, 5.74) is 5.73. The van der Waals surface area contributed by atoms with Crippen molar-refractivity contribution in [2.75, 3.05) is 0 Å². The molecule has 4 rings (SSSR count). The van der Waals surface area contributed by atoms with Crippen molar-refractivity contribution in [1.82, 2.24) is 15.5 Å². The van der Waals surface area contributed by atoms with E-state index in [9.17, 15) is 4.79 Å². The van der Waals surface area contributed by atoms with Crippen LogP contribution < -0.4 is 5.32 Å². The molecule has 5 heteroatoms. The average Bonchev–Trinajstić information content (AvgIpc) is 3.01. The summed E-state index contributed by atoms with van der Waals surface area (Å²) >= 11 is 0. The summed E-state index contributed by atoms with van der Waals surface area (Å²) < 4.78 is 5.09. The minimum absolute atomic E-state index is 0.0565. The second-order valence-corrected chi connectivity index (χ2v) is 6.78. The van der Waals surface area contributed by atoms with Crippen LogP contribution in [-0.2, 0) is 12.8 Å². The molecule has 1 aliphatic rings. The number of carbonyl (C=O) groups excluding carboxylic acids is 1. The zero-order valence-electron chi connectivity index (χ0n) is 14.5. The molecule has 3 aromatic rings. The van der Waals surface area contributed by atoms with Gasteiger partial charge in [-0.3, -0.25) is 4.79 Å². The van der Waals surface area contributed by atoms with Gasteiger partial charge >= 0.3 is 0 Å². The van der Waals surface area contributed by atoms with Gasteiger partial charge in [0.1, 0.15) is 0 Å². The molecule has 1 N–H and O–H groups in total. The number of hydrogen-bond acceptors (Lipinski definition) is 4. The van der Waals surface area contributed by atoms with Gasteiger partial charge in [-0.1, -0.05) is 23.4 Å². The fraction of sp³-hybridized carbons (Fsp3) is 0.350. The number of rotatable bonds is 3.